The lowest BCUT2D eigenvalue weighted by Crippen LogP contribution is -2.36. The number of anilines is 1. The molecular formula is C21H19F3N4O3S. The number of benzene rings is 2. The third kappa shape index (κ3) is 5.28. The van der Waals surface area contributed by atoms with Crippen LogP contribution in [0.4, 0.5) is 18.9 Å². The summed E-state index contributed by atoms with van der Waals surface area (Å²) >= 11 is 1.03. The minimum absolute atomic E-state index is 0.110. The number of nitrogens with zero attached hydrogens (tertiary/aromatic N) is 3. The van der Waals surface area contributed by atoms with E-state index in [9.17, 15) is 27.6 Å². The Bertz CT molecular complexity index is 1230. The first-order valence-electron chi connectivity index (χ1n) is 9.36. The van der Waals surface area contributed by atoms with Gasteiger partial charge in [-0.2, -0.15) is 13.2 Å². The summed E-state index contributed by atoms with van der Waals surface area (Å²) in [5.74, 6) is -1.32. The second-order valence-electron chi connectivity index (χ2n) is 6.91. The number of thioether (sulfide) groups is 1. The first-order chi connectivity index (χ1) is 15.1. The zero-order valence-corrected chi connectivity index (χ0v) is 18.0. The van der Waals surface area contributed by atoms with Crippen LogP contribution in [-0.2, 0) is 22.8 Å². The molecule has 0 saturated carbocycles. The molecule has 1 heterocycles. The molecule has 2 aromatic carbocycles. The van der Waals surface area contributed by atoms with Gasteiger partial charge < -0.3 is 10.2 Å². The summed E-state index contributed by atoms with van der Waals surface area (Å²) in [7, 11) is 2.91. The number of aromatic nitrogens is 2. The molecule has 0 fully saturated rings. The number of carbonyl (C=O) groups is 2. The van der Waals surface area contributed by atoms with Gasteiger partial charge in [-0.3, -0.25) is 19.0 Å². The lowest BCUT2D eigenvalue weighted by molar-refractivity contribution is -0.137. The molecule has 0 spiro atoms. The lowest BCUT2D eigenvalue weighted by Gasteiger charge is -2.18. The first kappa shape index (κ1) is 23.3. The zero-order valence-electron chi connectivity index (χ0n) is 17.1. The van der Waals surface area contributed by atoms with Gasteiger partial charge in [0.05, 0.1) is 34.5 Å². The highest BCUT2D eigenvalue weighted by molar-refractivity contribution is 7.99. The highest BCUT2D eigenvalue weighted by atomic mass is 32.2. The van der Waals surface area contributed by atoms with Crippen LogP contribution in [0.2, 0.25) is 0 Å². The van der Waals surface area contributed by atoms with Crippen LogP contribution in [0.5, 0.6) is 0 Å². The maximum atomic E-state index is 13.1. The van der Waals surface area contributed by atoms with Crippen molar-refractivity contribution in [2.24, 2.45) is 7.05 Å². The number of carbonyl (C=O) groups excluding carboxylic acids is 2. The van der Waals surface area contributed by atoms with Gasteiger partial charge in [0.15, 0.2) is 5.16 Å². The van der Waals surface area contributed by atoms with Crippen molar-refractivity contribution in [3.8, 4) is 0 Å². The van der Waals surface area contributed by atoms with Gasteiger partial charge in [-0.05, 0) is 24.3 Å². The fourth-order valence-electron chi connectivity index (χ4n) is 2.90. The van der Waals surface area contributed by atoms with Gasteiger partial charge in [0, 0.05) is 14.1 Å². The van der Waals surface area contributed by atoms with Gasteiger partial charge in [-0.1, -0.05) is 36.0 Å². The minimum atomic E-state index is -4.62. The number of halogens is 3. The Morgan fingerprint density at radius 3 is 2.50 bits per heavy atom. The number of likely N-dealkylation sites (N-methyl/N-ethyl adjacent to an activating group) is 1. The van der Waals surface area contributed by atoms with Crippen molar-refractivity contribution in [1.29, 1.82) is 0 Å². The highest BCUT2D eigenvalue weighted by Crippen LogP contribution is 2.34. The Morgan fingerprint density at radius 1 is 1.12 bits per heavy atom. The minimum Gasteiger partial charge on any atom is -0.336 e. The van der Waals surface area contributed by atoms with E-state index in [1.807, 2.05) is 0 Å². The smallest absolute Gasteiger partial charge is 0.336 e. The molecule has 3 rings (SSSR count). The molecule has 0 saturated heterocycles. The maximum Gasteiger partial charge on any atom is 0.418 e. The summed E-state index contributed by atoms with van der Waals surface area (Å²) in [6, 6.07) is 11.4. The predicted octanol–water partition coefficient (Wildman–Crippen LogP) is 3.14. The molecule has 32 heavy (non-hydrogen) atoms. The van der Waals surface area contributed by atoms with E-state index in [-0.39, 0.29) is 17.0 Å². The van der Waals surface area contributed by atoms with E-state index in [0.29, 0.717) is 16.1 Å². The van der Waals surface area contributed by atoms with Crippen LogP contribution in [-0.4, -0.2) is 45.6 Å². The van der Waals surface area contributed by atoms with Crippen molar-refractivity contribution in [1.82, 2.24) is 14.5 Å². The van der Waals surface area contributed by atoms with E-state index in [0.717, 1.165) is 28.8 Å². The van der Waals surface area contributed by atoms with Crippen molar-refractivity contribution in [3.05, 3.63) is 64.4 Å². The van der Waals surface area contributed by atoms with E-state index in [2.05, 4.69) is 10.3 Å². The Morgan fingerprint density at radius 2 is 1.78 bits per heavy atom. The third-order valence-corrected chi connectivity index (χ3v) is 5.59. The first-order valence-corrected chi connectivity index (χ1v) is 10.3. The number of hydrogen-bond acceptors (Lipinski definition) is 5. The SMILES string of the molecule is CN(CC(=O)Nc1ccccc1C(F)(F)F)C(=O)CSc1nc2ccccc2c(=O)n1C. The summed E-state index contributed by atoms with van der Waals surface area (Å²) in [5.41, 5.74) is -1.10. The number of alkyl halides is 3. The quantitative estimate of drug-likeness (QED) is 0.448. The lowest BCUT2D eigenvalue weighted by atomic mass is 10.1. The molecule has 0 radical (unpaired) electrons. The molecular weight excluding hydrogens is 445 g/mol. The second kappa shape index (κ2) is 9.43. The average Bonchev–Trinajstić information content (AvgIpc) is 2.74. The monoisotopic (exact) mass is 464 g/mol. The number of nitrogens with one attached hydrogen (secondary N) is 1. The van der Waals surface area contributed by atoms with Gasteiger partial charge in [-0.25, -0.2) is 4.98 Å². The van der Waals surface area contributed by atoms with E-state index in [1.54, 1.807) is 31.3 Å². The Labute approximate surface area is 185 Å². The Balaban J connectivity index is 1.63. The number of hydrogen-bond donors (Lipinski definition) is 1. The summed E-state index contributed by atoms with van der Waals surface area (Å²) in [6.07, 6.45) is -4.62. The zero-order chi connectivity index (χ0) is 23.5. The van der Waals surface area contributed by atoms with Crippen molar-refractivity contribution >= 4 is 40.2 Å². The molecule has 0 atom stereocenters. The second-order valence-corrected chi connectivity index (χ2v) is 7.85. The van der Waals surface area contributed by atoms with Crippen LogP contribution in [0.3, 0.4) is 0 Å². The normalized spacial score (nSPS) is 11.4. The van der Waals surface area contributed by atoms with E-state index < -0.39 is 30.1 Å². The molecule has 0 bridgehead atoms. The standard InChI is InChI=1S/C21H19F3N4O3S/c1-27(11-17(29)25-16-10-6-4-8-14(16)21(22,23)24)18(30)12-32-20-26-15-9-5-3-7-13(15)19(31)28(20)2/h3-10H,11-12H2,1-2H3,(H,25,29). The van der Waals surface area contributed by atoms with Gasteiger partial charge >= 0.3 is 6.18 Å². The molecule has 1 N–H and O–H groups in total. The van der Waals surface area contributed by atoms with E-state index in [4.69, 9.17) is 0 Å². The summed E-state index contributed by atoms with van der Waals surface area (Å²) in [4.78, 5) is 42.5. The predicted molar refractivity (Wildman–Crippen MR) is 115 cm³/mol. The molecule has 168 valence electrons. The van der Waals surface area contributed by atoms with E-state index in [1.165, 1.54) is 23.7 Å². The Hall–Kier alpha value is -3.34. The van der Waals surface area contributed by atoms with Crippen LogP contribution < -0.4 is 10.9 Å². The molecule has 0 aliphatic heterocycles. The van der Waals surface area contributed by atoms with E-state index >= 15 is 0 Å². The van der Waals surface area contributed by atoms with Crippen molar-refractivity contribution < 1.29 is 22.8 Å². The maximum absolute atomic E-state index is 13.1. The summed E-state index contributed by atoms with van der Waals surface area (Å²) < 4.78 is 40.5. The van der Waals surface area contributed by atoms with Crippen molar-refractivity contribution in [3.63, 3.8) is 0 Å². The highest BCUT2D eigenvalue weighted by Gasteiger charge is 2.33. The largest absolute Gasteiger partial charge is 0.418 e. The van der Waals surface area contributed by atoms with Crippen LogP contribution in [0.15, 0.2) is 58.5 Å². The molecule has 0 aliphatic rings. The molecule has 1 aromatic heterocycles. The number of para-hydroxylation sites is 2. The molecule has 0 aliphatic carbocycles. The molecule has 3 aromatic rings. The molecule has 11 heteroatoms. The van der Waals surface area contributed by atoms with Gasteiger partial charge in [-0.15, -0.1) is 0 Å². The van der Waals surface area contributed by atoms with Gasteiger partial charge in [0.1, 0.15) is 0 Å². The number of rotatable bonds is 6. The molecule has 7 nitrogen and oxygen atoms in total. The molecule has 0 unspecified atom stereocenters. The Kier molecular flexibility index (Phi) is 6.87. The number of amides is 2. The summed E-state index contributed by atoms with van der Waals surface area (Å²) in [6.45, 7) is -0.435. The average molecular weight is 464 g/mol. The van der Waals surface area contributed by atoms with Gasteiger partial charge in [0.2, 0.25) is 11.8 Å². The van der Waals surface area contributed by atoms with Crippen LogP contribution in [0, 0.1) is 0 Å². The fraction of sp³-hybridized carbons (Fsp3) is 0.238. The van der Waals surface area contributed by atoms with Crippen molar-refractivity contribution in [2.45, 2.75) is 11.3 Å². The fourth-order valence-corrected chi connectivity index (χ4v) is 3.81. The van der Waals surface area contributed by atoms with Crippen LogP contribution >= 0.6 is 11.8 Å². The number of fused-ring (bicyclic) bond motifs is 1. The molecule has 2 amide bonds. The van der Waals surface area contributed by atoms with Crippen molar-refractivity contribution in [2.75, 3.05) is 24.7 Å². The summed E-state index contributed by atoms with van der Waals surface area (Å²) in [5, 5.41) is 2.99. The third-order valence-electron chi connectivity index (χ3n) is 4.58. The van der Waals surface area contributed by atoms with Crippen LogP contribution in [0.1, 0.15) is 5.56 Å². The topological polar surface area (TPSA) is 84.3 Å². The van der Waals surface area contributed by atoms with Crippen LogP contribution in [0.25, 0.3) is 10.9 Å². The van der Waals surface area contributed by atoms with Gasteiger partial charge in [0.25, 0.3) is 5.56 Å².